The smallest absolute Gasteiger partial charge is 0.338 e. The Labute approximate surface area is 158 Å². The van der Waals surface area contributed by atoms with Crippen molar-refractivity contribution in [2.75, 3.05) is 18.4 Å². The lowest BCUT2D eigenvalue weighted by molar-refractivity contribution is 0.0229. The molecule has 7 heteroatoms. The molecule has 1 aliphatic heterocycles. The number of nitrogens with one attached hydrogen (secondary N) is 2. The molecule has 6 nitrogen and oxygen atoms in total. The van der Waals surface area contributed by atoms with Crippen molar-refractivity contribution < 1.29 is 18.7 Å². The second-order valence-electron chi connectivity index (χ2n) is 6.01. The zero-order chi connectivity index (χ0) is 17.6. The summed E-state index contributed by atoms with van der Waals surface area (Å²) in [4.78, 5) is 24.5. The Morgan fingerprint density at radius 2 is 2.00 bits per heavy atom. The first-order valence-electron chi connectivity index (χ1n) is 8.57. The number of rotatable bonds is 5. The molecule has 0 bridgehead atoms. The fraction of sp³-hybridized carbons (Fsp3) is 0.368. The predicted molar refractivity (Wildman–Crippen MR) is 101 cm³/mol. The minimum Gasteiger partial charge on any atom is -0.459 e. The maximum absolute atomic E-state index is 12.3. The molecule has 2 aromatic rings. The number of piperidine rings is 1. The van der Waals surface area contributed by atoms with E-state index in [1.807, 2.05) is 6.92 Å². The molecule has 3 rings (SSSR count). The first-order chi connectivity index (χ1) is 12.2. The molecule has 1 aliphatic rings. The molecular weight excluding hydrogens is 356 g/mol. The third-order valence-corrected chi connectivity index (χ3v) is 4.15. The number of aryl methyl sites for hydroxylation is 1. The van der Waals surface area contributed by atoms with Crippen LogP contribution < -0.4 is 10.6 Å². The van der Waals surface area contributed by atoms with Gasteiger partial charge in [0.2, 0.25) is 0 Å². The van der Waals surface area contributed by atoms with E-state index in [1.54, 1.807) is 36.4 Å². The van der Waals surface area contributed by atoms with Gasteiger partial charge in [0.25, 0.3) is 5.91 Å². The SMILES string of the molecule is CCc1ccc(C(=O)Nc2cccc(C(=O)OC3CCNCC3)c2)o1.Cl. The summed E-state index contributed by atoms with van der Waals surface area (Å²) in [6, 6.07) is 10.2. The van der Waals surface area contributed by atoms with Crippen LogP contribution in [0.3, 0.4) is 0 Å². The zero-order valence-corrected chi connectivity index (χ0v) is 15.4. The number of carbonyl (C=O) groups excluding carboxylic acids is 2. The van der Waals surface area contributed by atoms with Crippen molar-refractivity contribution in [3.05, 3.63) is 53.5 Å². The monoisotopic (exact) mass is 378 g/mol. The number of halogens is 1. The van der Waals surface area contributed by atoms with Crippen LogP contribution in [0.1, 0.15) is 46.4 Å². The third kappa shape index (κ3) is 5.09. The lowest BCUT2D eigenvalue weighted by Gasteiger charge is -2.22. The zero-order valence-electron chi connectivity index (χ0n) is 14.6. The van der Waals surface area contributed by atoms with E-state index in [-0.39, 0.29) is 36.1 Å². The van der Waals surface area contributed by atoms with E-state index < -0.39 is 0 Å². The van der Waals surface area contributed by atoms with Gasteiger partial charge >= 0.3 is 5.97 Å². The highest BCUT2D eigenvalue weighted by Gasteiger charge is 2.19. The number of benzene rings is 1. The number of anilines is 1. The standard InChI is InChI=1S/C19H22N2O4.ClH/c1-2-15-6-7-17(24-15)18(22)21-14-5-3-4-13(12-14)19(23)25-16-8-10-20-11-9-16;/h3-7,12,16,20H,2,8-11H2,1H3,(H,21,22);1H. The topological polar surface area (TPSA) is 80.6 Å². The Kier molecular flexibility index (Phi) is 7.24. The molecule has 0 atom stereocenters. The van der Waals surface area contributed by atoms with Crippen LogP contribution in [-0.4, -0.2) is 31.1 Å². The van der Waals surface area contributed by atoms with Gasteiger partial charge < -0.3 is 19.8 Å². The van der Waals surface area contributed by atoms with Gasteiger partial charge in [-0.05, 0) is 56.3 Å². The number of furan rings is 1. The molecular formula is C19H23ClN2O4. The summed E-state index contributed by atoms with van der Waals surface area (Å²) in [5.74, 6) is 0.293. The van der Waals surface area contributed by atoms with E-state index in [2.05, 4.69) is 10.6 Å². The van der Waals surface area contributed by atoms with Gasteiger partial charge in [-0.2, -0.15) is 0 Å². The number of esters is 1. The maximum atomic E-state index is 12.3. The van der Waals surface area contributed by atoms with Crippen molar-refractivity contribution >= 4 is 30.0 Å². The number of carbonyl (C=O) groups is 2. The summed E-state index contributed by atoms with van der Waals surface area (Å²) in [5.41, 5.74) is 0.948. The van der Waals surface area contributed by atoms with E-state index in [9.17, 15) is 9.59 Å². The van der Waals surface area contributed by atoms with Crippen LogP contribution in [0.5, 0.6) is 0 Å². The molecule has 140 valence electrons. The number of amides is 1. The lowest BCUT2D eigenvalue weighted by atomic mass is 10.1. The molecule has 26 heavy (non-hydrogen) atoms. The van der Waals surface area contributed by atoms with Crippen LogP contribution in [0.2, 0.25) is 0 Å². The quantitative estimate of drug-likeness (QED) is 0.779. The van der Waals surface area contributed by atoms with Crippen LogP contribution in [0.25, 0.3) is 0 Å². The second-order valence-corrected chi connectivity index (χ2v) is 6.01. The Bertz CT molecular complexity index is 754. The number of hydrogen-bond acceptors (Lipinski definition) is 5. The highest BCUT2D eigenvalue weighted by molar-refractivity contribution is 6.03. The van der Waals surface area contributed by atoms with Crippen molar-refractivity contribution in [3.63, 3.8) is 0 Å². The minimum absolute atomic E-state index is 0. The molecule has 2 N–H and O–H groups in total. The minimum atomic E-state index is -0.366. The highest BCUT2D eigenvalue weighted by Crippen LogP contribution is 2.17. The van der Waals surface area contributed by atoms with Crippen LogP contribution in [0, 0.1) is 0 Å². The van der Waals surface area contributed by atoms with E-state index >= 15 is 0 Å². The van der Waals surface area contributed by atoms with Gasteiger partial charge in [0, 0.05) is 12.1 Å². The second kappa shape index (κ2) is 9.40. The Balaban J connectivity index is 0.00000243. The maximum Gasteiger partial charge on any atom is 0.338 e. The molecule has 1 fully saturated rings. The van der Waals surface area contributed by atoms with E-state index in [0.717, 1.165) is 38.1 Å². The van der Waals surface area contributed by atoms with Gasteiger partial charge in [-0.15, -0.1) is 12.4 Å². The lowest BCUT2D eigenvalue weighted by Crippen LogP contribution is -2.33. The van der Waals surface area contributed by atoms with Crippen molar-refractivity contribution in [2.45, 2.75) is 32.3 Å². The summed E-state index contributed by atoms with van der Waals surface area (Å²) in [6.45, 7) is 3.67. The van der Waals surface area contributed by atoms with Crippen LogP contribution in [0.4, 0.5) is 5.69 Å². The molecule has 0 saturated carbocycles. The molecule has 1 aromatic heterocycles. The van der Waals surface area contributed by atoms with Crippen molar-refractivity contribution in [1.82, 2.24) is 5.32 Å². The molecule has 0 aliphatic carbocycles. The van der Waals surface area contributed by atoms with Gasteiger partial charge in [0.15, 0.2) is 5.76 Å². The fourth-order valence-corrected chi connectivity index (χ4v) is 2.74. The molecule has 2 heterocycles. The summed E-state index contributed by atoms with van der Waals surface area (Å²) in [7, 11) is 0. The van der Waals surface area contributed by atoms with Gasteiger partial charge in [0.05, 0.1) is 5.56 Å². The van der Waals surface area contributed by atoms with Crippen molar-refractivity contribution in [1.29, 1.82) is 0 Å². The average molecular weight is 379 g/mol. The average Bonchev–Trinajstić information content (AvgIpc) is 3.12. The van der Waals surface area contributed by atoms with Crippen LogP contribution in [0.15, 0.2) is 40.8 Å². The first kappa shape index (κ1) is 20.0. The highest BCUT2D eigenvalue weighted by atomic mass is 35.5. The Hall–Kier alpha value is -2.31. The summed E-state index contributed by atoms with van der Waals surface area (Å²) in [5, 5.41) is 5.98. The van der Waals surface area contributed by atoms with Gasteiger partial charge in [0.1, 0.15) is 11.9 Å². The van der Waals surface area contributed by atoms with E-state index in [0.29, 0.717) is 11.3 Å². The first-order valence-corrected chi connectivity index (χ1v) is 8.57. The van der Waals surface area contributed by atoms with Gasteiger partial charge in [-0.3, -0.25) is 4.79 Å². The van der Waals surface area contributed by atoms with E-state index in [1.165, 1.54) is 0 Å². The molecule has 0 radical (unpaired) electrons. The predicted octanol–water partition coefficient (Wildman–Crippen LogP) is 3.42. The van der Waals surface area contributed by atoms with E-state index in [4.69, 9.17) is 9.15 Å². The van der Waals surface area contributed by atoms with Gasteiger partial charge in [-0.1, -0.05) is 13.0 Å². The molecule has 1 saturated heterocycles. The Morgan fingerprint density at radius 3 is 2.69 bits per heavy atom. The largest absolute Gasteiger partial charge is 0.459 e. The normalized spacial score (nSPS) is 14.3. The molecule has 1 amide bonds. The fourth-order valence-electron chi connectivity index (χ4n) is 2.74. The van der Waals surface area contributed by atoms with Crippen molar-refractivity contribution in [2.24, 2.45) is 0 Å². The summed E-state index contributed by atoms with van der Waals surface area (Å²) < 4.78 is 11.0. The molecule has 1 aromatic carbocycles. The van der Waals surface area contributed by atoms with Crippen LogP contribution in [-0.2, 0) is 11.2 Å². The Morgan fingerprint density at radius 1 is 1.23 bits per heavy atom. The summed E-state index contributed by atoms with van der Waals surface area (Å²) >= 11 is 0. The summed E-state index contributed by atoms with van der Waals surface area (Å²) in [6.07, 6.45) is 2.31. The van der Waals surface area contributed by atoms with Crippen molar-refractivity contribution in [3.8, 4) is 0 Å². The third-order valence-electron chi connectivity index (χ3n) is 4.15. The number of ether oxygens (including phenoxy) is 1. The molecule has 0 spiro atoms. The van der Waals surface area contributed by atoms with Crippen LogP contribution >= 0.6 is 12.4 Å². The molecule has 0 unspecified atom stereocenters. The van der Waals surface area contributed by atoms with Gasteiger partial charge in [-0.25, -0.2) is 4.79 Å². The number of hydrogen-bond donors (Lipinski definition) is 2.